The van der Waals surface area contributed by atoms with Crippen molar-refractivity contribution in [2.24, 2.45) is 23.7 Å². The number of pyridine rings is 1. The first-order valence-electron chi connectivity index (χ1n) is 7.66. The number of hydrogen-bond acceptors (Lipinski definition) is 3. The second-order valence-corrected chi connectivity index (χ2v) is 6.88. The average Bonchev–Trinajstić information content (AvgIpc) is 2.61. The molecule has 2 heterocycles. The maximum atomic E-state index is 13.0. The Labute approximate surface area is 123 Å². The fraction of sp³-hybridized carbons (Fsp3) is 0.625. The van der Waals surface area contributed by atoms with Gasteiger partial charge in [0.2, 0.25) is 0 Å². The fourth-order valence-corrected chi connectivity index (χ4v) is 4.86. The zero-order valence-electron chi connectivity index (χ0n) is 12.0. The van der Waals surface area contributed by atoms with Crippen LogP contribution in [0.2, 0.25) is 0 Å². The van der Waals surface area contributed by atoms with Crippen molar-refractivity contribution in [2.45, 2.75) is 31.9 Å². The molecule has 1 aromatic rings. The van der Waals surface area contributed by atoms with Crippen LogP contribution >= 0.6 is 0 Å². The molecule has 0 unspecified atom stereocenters. The monoisotopic (exact) mass is 290 g/mol. The summed E-state index contributed by atoms with van der Waals surface area (Å²) in [5, 5.41) is 11.2. The SMILES string of the molecule is C[C@@H]1[C@H]2C[C@@H]3C[C@H](C2)[C@]1(O)N(C(=O)c1ccc(F)cn1)C3. The van der Waals surface area contributed by atoms with E-state index in [2.05, 4.69) is 11.9 Å². The smallest absolute Gasteiger partial charge is 0.274 e. The lowest BCUT2D eigenvalue weighted by Gasteiger charge is -2.48. The van der Waals surface area contributed by atoms with Gasteiger partial charge < -0.3 is 10.0 Å². The van der Waals surface area contributed by atoms with E-state index in [0.717, 1.165) is 25.5 Å². The van der Waals surface area contributed by atoms with Gasteiger partial charge in [0.25, 0.3) is 5.91 Å². The van der Waals surface area contributed by atoms with Crippen molar-refractivity contribution in [1.82, 2.24) is 9.88 Å². The van der Waals surface area contributed by atoms with Crippen molar-refractivity contribution in [3.8, 4) is 0 Å². The van der Waals surface area contributed by atoms with Gasteiger partial charge in [-0.3, -0.25) is 4.79 Å². The Morgan fingerprint density at radius 2 is 2.24 bits per heavy atom. The second kappa shape index (κ2) is 4.26. The Balaban J connectivity index is 1.71. The van der Waals surface area contributed by atoms with Crippen LogP contribution in [0.5, 0.6) is 0 Å². The first kappa shape index (κ1) is 13.2. The molecule has 21 heavy (non-hydrogen) atoms. The minimum Gasteiger partial charge on any atom is -0.370 e. The highest BCUT2D eigenvalue weighted by molar-refractivity contribution is 5.93. The van der Waals surface area contributed by atoms with Crippen molar-refractivity contribution in [3.05, 3.63) is 29.8 Å². The predicted octanol–water partition coefficient (Wildman–Crippen LogP) is 2.05. The maximum Gasteiger partial charge on any atom is 0.274 e. The molecule has 0 aromatic carbocycles. The van der Waals surface area contributed by atoms with Gasteiger partial charge in [-0.2, -0.15) is 0 Å². The summed E-state index contributed by atoms with van der Waals surface area (Å²) in [6.45, 7) is 2.64. The van der Waals surface area contributed by atoms with Gasteiger partial charge in [-0.15, -0.1) is 0 Å². The van der Waals surface area contributed by atoms with E-state index in [-0.39, 0.29) is 23.4 Å². The number of nitrogens with zero attached hydrogens (tertiary/aromatic N) is 2. The van der Waals surface area contributed by atoms with Crippen LogP contribution in [0.3, 0.4) is 0 Å². The quantitative estimate of drug-likeness (QED) is 0.861. The largest absolute Gasteiger partial charge is 0.370 e. The zero-order chi connectivity index (χ0) is 14.8. The molecule has 4 nitrogen and oxygen atoms in total. The van der Waals surface area contributed by atoms with Crippen molar-refractivity contribution in [1.29, 1.82) is 0 Å². The number of rotatable bonds is 1. The predicted molar refractivity (Wildman–Crippen MR) is 73.7 cm³/mol. The van der Waals surface area contributed by atoms with Crippen LogP contribution in [0.15, 0.2) is 18.3 Å². The number of likely N-dealkylation sites (tertiary alicyclic amines) is 1. The number of aromatic nitrogens is 1. The van der Waals surface area contributed by atoms with E-state index in [9.17, 15) is 14.3 Å². The van der Waals surface area contributed by atoms with E-state index in [4.69, 9.17) is 0 Å². The van der Waals surface area contributed by atoms with E-state index in [1.165, 1.54) is 12.1 Å². The highest BCUT2D eigenvalue weighted by atomic mass is 19.1. The molecule has 5 heteroatoms. The van der Waals surface area contributed by atoms with Crippen LogP contribution in [0, 0.1) is 29.5 Å². The van der Waals surface area contributed by atoms with Crippen LogP contribution in [0.25, 0.3) is 0 Å². The normalized spacial score (nSPS) is 40.6. The van der Waals surface area contributed by atoms with Gasteiger partial charge in [-0.1, -0.05) is 6.92 Å². The van der Waals surface area contributed by atoms with Crippen LogP contribution in [0.1, 0.15) is 36.7 Å². The number of halogens is 1. The number of piperidine rings is 1. The highest BCUT2D eigenvalue weighted by Gasteiger charge is 2.62. The van der Waals surface area contributed by atoms with E-state index in [0.29, 0.717) is 18.4 Å². The average molecular weight is 290 g/mol. The molecule has 5 atom stereocenters. The summed E-state index contributed by atoms with van der Waals surface area (Å²) in [6, 6.07) is 2.64. The molecule has 2 saturated carbocycles. The summed E-state index contributed by atoms with van der Waals surface area (Å²) >= 11 is 0. The fourth-order valence-electron chi connectivity index (χ4n) is 4.86. The number of aliphatic hydroxyl groups is 1. The molecule has 3 fully saturated rings. The summed E-state index contributed by atoms with van der Waals surface area (Å²) in [5.41, 5.74) is -0.841. The summed E-state index contributed by atoms with van der Waals surface area (Å²) in [6.07, 6.45) is 4.17. The molecule has 2 aliphatic carbocycles. The van der Waals surface area contributed by atoms with Crippen LogP contribution in [-0.2, 0) is 0 Å². The minimum absolute atomic E-state index is 0.0967. The van der Waals surface area contributed by atoms with Crippen LogP contribution < -0.4 is 0 Å². The van der Waals surface area contributed by atoms with Crippen LogP contribution in [0.4, 0.5) is 4.39 Å². The Hall–Kier alpha value is -1.49. The summed E-state index contributed by atoms with van der Waals surface area (Å²) in [5.74, 6) is 0.523. The molecule has 0 radical (unpaired) electrons. The third kappa shape index (κ3) is 1.70. The van der Waals surface area contributed by atoms with Gasteiger partial charge in [0.15, 0.2) is 0 Å². The summed E-state index contributed by atoms with van der Waals surface area (Å²) in [4.78, 5) is 18.2. The third-order valence-corrected chi connectivity index (χ3v) is 5.88. The first-order valence-corrected chi connectivity index (χ1v) is 7.66. The molecule has 1 saturated heterocycles. The minimum atomic E-state index is -1.05. The van der Waals surface area contributed by atoms with Gasteiger partial charge in [-0.05, 0) is 43.2 Å². The summed E-state index contributed by atoms with van der Waals surface area (Å²) in [7, 11) is 0. The molecule has 0 spiro atoms. The van der Waals surface area contributed by atoms with Gasteiger partial charge in [0.05, 0.1) is 6.20 Å². The van der Waals surface area contributed by atoms with E-state index in [1.807, 2.05) is 0 Å². The Morgan fingerprint density at radius 1 is 1.43 bits per heavy atom. The van der Waals surface area contributed by atoms with Crippen molar-refractivity contribution in [3.63, 3.8) is 0 Å². The van der Waals surface area contributed by atoms with Gasteiger partial charge in [0, 0.05) is 18.4 Å². The Morgan fingerprint density at radius 3 is 2.95 bits per heavy atom. The molecule has 3 aliphatic rings. The molecule has 1 aliphatic heterocycles. The molecular formula is C16H19FN2O2. The highest BCUT2D eigenvalue weighted by Crippen LogP contribution is 2.58. The zero-order valence-corrected chi connectivity index (χ0v) is 12.0. The lowest BCUT2D eigenvalue weighted by molar-refractivity contribution is -0.161. The number of fused-ring (bicyclic) bond motifs is 2. The van der Waals surface area contributed by atoms with E-state index >= 15 is 0 Å². The third-order valence-electron chi connectivity index (χ3n) is 5.88. The molecule has 1 aromatic heterocycles. The molecule has 1 amide bonds. The first-order chi connectivity index (χ1) is 10.00. The topological polar surface area (TPSA) is 53.4 Å². The molecule has 3 bridgehead atoms. The van der Waals surface area contributed by atoms with E-state index < -0.39 is 11.5 Å². The van der Waals surface area contributed by atoms with Crippen molar-refractivity contribution in [2.75, 3.05) is 6.54 Å². The summed E-state index contributed by atoms with van der Waals surface area (Å²) < 4.78 is 13.0. The molecule has 1 N–H and O–H groups in total. The molecular weight excluding hydrogens is 271 g/mol. The number of hydrogen-bond donors (Lipinski definition) is 1. The Bertz CT molecular complexity index is 580. The Kier molecular flexibility index (Phi) is 2.67. The number of carbonyl (C=O) groups is 1. The second-order valence-electron chi connectivity index (χ2n) is 6.88. The standard InChI is InChI=1S/C16H19FN2O2/c1-9-11-4-10-5-12(6-11)16(9,21)19(8-10)15(20)14-3-2-13(17)7-18-14/h2-3,7,9-12,21H,4-6,8H2,1H3/t9-,10-,11+,12-,16+/m1/s1. The molecule has 112 valence electrons. The maximum absolute atomic E-state index is 13.0. The number of amides is 1. The van der Waals surface area contributed by atoms with Crippen LogP contribution in [-0.4, -0.2) is 33.2 Å². The van der Waals surface area contributed by atoms with Gasteiger partial charge in [0.1, 0.15) is 17.2 Å². The van der Waals surface area contributed by atoms with Gasteiger partial charge in [-0.25, -0.2) is 9.37 Å². The molecule has 4 rings (SSSR count). The lowest BCUT2D eigenvalue weighted by atomic mass is 9.76. The van der Waals surface area contributed by atoms with E-state index in [1.54, 1.807) is 4.90 Å². The van der Waals surface area contributed by atoms with Gasteiger partial charge >= 0.3 is 0 Å². The van der Waals surface area contributed by atoms with Crippen molar-refractivity contribution < 1.29 is 14.3 Å². The lowest BCUT2D eigenvalue weighted by Crippen LogP contribution is -2.61. The number of carbonyl (C=O) groups excluding carboxylic acids is 1. The van der Waals surface area contributed by atoms with Crippen molar-refractivity contribution >= 4 is 5.91 Å².